The molecule has 0 radical (unpaired) electrons. The van der Waals surface area contributed by atoms with Gasteiger partial charge in [0.25, 0.3) is 0 Å². The van der Waals surface area contributed by atoms with E-state index in [0.29, 0.717) is 43.1 Å². The van der Waals surface area contributed by atoms with Gasteiger partial charge < -0.3 is 9.55 Å². The van der Waals surface area contributed by atoms with Crippen molar-refractivity contribution in [3.05, 3.63) is 110 Å². The number of pyridine rings is 2. The van der Waals surface area contributed by atoms with Gasteiger partial charge in [-0.25, -0.2) is 0 Å². The maximum Gasteiger partial charge on any atom is 0.197 e. The summed E-state index contributed by atoms with van der Waals surface area (Å²) in [4.78, 5) is 30.1. The van der Waals surface area contributed by atoms with Crippen LogP contribution in [0.5, 0.6) is 0 Å². The molecule has 0 atom stereocenters. The molecule has 0 unspecified atom stereocenters. The molecule has 5 heteroatoms. The van der Waals surface area contributed by atoms with Gasteiger partial charge in [-0.2, -0.15) is 0 Å². The Kier molecular flexibility index (Phi) is 4.01. The largest absolute Gasteiger partial charge is 0.353 e. The van der Waals surface area contributed by atoms with Gasteiger partial charge in [-0.15, -0.1) is 0 Å². The van der Waals surface area contributed by atoms with Gasteiger partial charge >= 0.3 is 0 Å². The SMILES string of the molecule is Cc1ccc(-n2c3ccccc3c(=O)c3cc4[nH]c5c(Cl)cccc5c(=O)c4cc32)cc1. The predicted molar refractivity (Wildman–Crippen MR) is 132 cm³/mol. The van der Waals surface area contributed by atoms with Crippen LogP contribution in [0, 0.1) is 6.92 Å². The highest BCUT2D eigenvalue weighted by molar-refractivity contribution is 6.35. The minimum absolute atomic E-state index is 0.0685. The Bertz CT molecular complexity index is 1830. The lowest BCUT2D eigenvalue weighted by Gasteiger charge is -2.16. The highest BCUT2D eigenvalue weighted by Crippen LogP contribution is 2.28. The zero-order valence-corrected chi connectivity index (χ0v) is 17.9. The Morgan fingerprint density at radius 3 is 2.25 bits per heavy atom. The van der Waals surface area contributed by atoms with Crippen LogP contribution >= 0.6 is 11.6 Å². The van der Waals surface area contributed by atoms with Crippen LogP contribution in [0.2, 0.25) is 5.02 Å². The molecule has 0 bridgehead atoms. The van der Waals surface area contributed by atoms with E-state index in [0.717, 1.165) is 16.8 Å². The van der Waals surface area contributed by atoms with Gasteiger partial charge in [-0.3, -0.25) is 9.59 Å². The minimum atomic E-state index is -0.116. The van der Waals surface area contributed by atoms with Crippen molar-refractivity contribution in [3.8, 4) is 5.69 Å². The molecule has 32 heavy (non-hydrogen) atoms. The molecule has 0 aliphatic carbocycles. The number of aromatic amines is 1. The average molecular weight is 437 g/mol. The fourth-order valence-electron chi connectivity index (χ4n) is 4.47. The molecule has 0 fully saturated rings. The van der Waals surface area contributed by atoms with Crippen molar-refractivity contribution in [2.45, 2.75) is 6.92 Å². The smallest absolute Gasteiger partial charge is 0.197 e. The van der Waals surface area contributed by atoms with Crippen molar-refractivity contribution in [1.29, 1.82) is 0 Å². The van der Waals surface area contributed by atoms with E-state index in [9.17, 15) is 9.59 Å². The zero-order valence-electron chi connectivity index (χ0n) is 17.1. The summed E-state index contributed by atoms with van der Waals surface area (Å²) in [5.41, 5.74) is 4.54. The summed E-state index contributed by atoms with van der Waals surface area (Å²) in [6, 6.07) is 24.6. The van der Waals surface area contributed by atoms with Gasteiger partial charge in [-0.05, 0) is 55.5 Å². The maximum absolute atomic E-state index is 13.5. The second-order valence-electron chi connectivity index (χ2n) is 8.05. The number of aryl methyl sites for hydroxylation is 1. The van der Waals surface area contributed by atoms with E-state index in [2.05, 4.69) is 4.98 Å². The van der Waals surface area contributed by atoms with Gasteiger partial charge in [0.05, 0.1) is 27.1 Å². The first kappa shape index (κ1) is 18.8. The molecule has 6 rings (SSSR count). The van der Waals surface area contributed by atoms with Crippen molar-refractivity contribution < 1.29 is 0 Å². The number of H-pyrrole nitrogens is 1. The normalized spacial score (nSPS) is 11.7. The molecular formula is C27H17ClN2O2. The highest BCUT2D eigenvalue weighted by atomic mass is 35.5. The molecule has 1 N–H and O–H groups in total. The molecule has 6 aromatic rings. The summed E-state index contributed by atoms with van der Waals surface area (Å²) in [6.07, 6.45) is 0. The quantitative estimate of drug-likeness (QED) is 0.316. The summed E-state index contributed by atoms with van der Waals surface area (Å²) in [5, 5.41) is 2.68. The lowest BCUT2D eigenvalue weighted by atomic mass is 10.0. The van der Waals surface area contributed by atoms with Crippen molar-refractivity contribution in [1.82, 2.24) is 9.55 Å². The summed E-state index contributed by atoms with van der Waals surface area (Å²) < 4.78 is 2.05. The Hall–Kier alpha value is -3.89. The van der Waals surface area contributed by atoms with E-state index in [1.807, 2.05) is 66.1 Å². The first-order chi connectivity index (χ1) is 15.5. The van der Waals surface area contributed by atoms with Crippen LogP contribution < -0.4 is 10.9 Å². The molecule has 0 amide bonds. The van der Waals surface area contributed by atoms with Crippen molar-refractivity contribution in [2.75, 3.05) is 0 Å². The lowest BCUT2D eigenvalue weighted by molar-refractivity contribution is 1.16. The lowest BCUT2D eigenvalue weighted by Crippen LogP contribution is -2.12. The fourth-order valence-corrected chi connectivity index (χ4v) is 4.70. The van der Waals surface area contributed by atoms with Gasteiger partial charge in [-0.1, -0.05) is 47.5 Å². The number of fused-ring (bicyclic) bond motifs is 4. The van der Waals surface area contributed by atoms with Gasteiger partial charge in [0.2, 0.25) is 0 Å². The van der Waals surface area contributed by atoms with Gasteiger partial charge in [0.15, 0.2) is 10.9 Å². The van der Waals surface area contributed by atoms with Gasteiger partial charge in [0, 0.05) is 27.2 Å². The fraction of sp³-hybridized carbons (Fsp3) is 0.0370. The van der Waals surface area contributed by atoms with Crippen LogP contribution in [0.25, 0.3) is 49.3 Å². The van der Waals surface area contributed by atoms with Crippen molar-refractivity contribution in [2.24, 2.45) is 0 Å². The van der Waals surface area contributed by atoms with E-state index < -0.39 is 0 Å². The number of benzene rings is 4. The maximum atomic E-state index is 13.5. The standard InChI is InChI=1S/C27H17ClN2O2/c1-15-9-11-16(12-10-15)30-23-8-3-2-5-17(23)26(31)20-13-22-19(14-24(20)30)27(32)18-6-4-7-21(28)25(18)29-22/h2-14H,1H3,(H,29,32). The Labute approximate surface area is 187 Å². The second-order valence-corrected chi connectivity index (χ2v) is 8.46. The van der Waals surface area contributed by atoms with E-state index >= 15 is 0 Å². The molecule has 0 spiro atoms. The summed E-state index contributed by atoms with van der Waals surface area (Å²) >= 11 is 6.34. The predicted octanol–water partition coefficient (Wildman–Crippen LogP) is 6.10. The van der Waals surface area contributed by atoms with Crippen LogP contribution in [0.4, 0.5) is 0 Å². The topological polar surface area (TPSA) is 54.9 Å². The summed E-state index contributed by atoms with van der Waals surface area (Å²) in [7, 11) is 0. The molecule has 2 heterocycles. The third-order valence-electron chi connectivity index (χ3n) is 6.07. The monoisotopic (exact) mass is 436 g/mol. The molecule has 4 aromatic carbocycles. The van der Waals surface area contributed by atoms with E-state index in [1.54, 1.807) is 24.3 Å². The first-order valence-corrected chi connectivity index (χ1v) is 10.7. The number of nitrogens with zero attached hydrogens (tertiary/aromatic N) is 1. The van der Waals surface area contributed by atoms with E-state index in [4.69, 9.17) is 11.6 Å². The first-order valence-electron chi connectivity index (χ1n) is 10.3. The third-order valence-corrected chi connectivity index (χ3v) is 6.38. The van der Waals surface area contributed by atoms with Crippen molar-refractivity contribution >= 4 is 55.2 Å². The second kappa shape index (κ2) is 6.81. The number of halogens is 1. The van der Waals surface area contributed by atoms with Crippen LogP contribution in [0.1, 0.15) is 5.56 Å². The zero-order chi connectivity index (χ0) is 22.0. The van der Waals surface area contributed by atoms with Crippen LogP contribution in [0.3, 0.4) is 0 Å². The molecule has 0 saturated carbocycles. The van der Waals surface area contributed by atoms with Crippen LogP contribution in [0.15, 0.2) is 88.5 Å². The Balaban J connectivity index is 1.87. The molecular weight excluding hydrogens is 420 g/mol. The number of nitrogens with one attached hydrogen (secondary N) is 1. The van der Waals surface area contributed by atoms with Crippen molar-refractivity contribution in [3.63, 3.8) is 0 Å². The summed E-state index contributed by atoms with van der Waals surface area (Å²) in [5.74, 6) is 0. The molecule has 0 aliphatic rings. The average Bonchev–Trinajstić information content (AvgIpc) is 2.81. The number of hydrogen-bond acceptors (Lipinski definition) is 2. The number of hydrogen-bond donors (Lipinski definition) is 1. The van der Waals surface area contributed by atoms with E-state index in [1.165, 1.54) is 0 Å². The molecule has 4 nitrogen and oxygen atoms in total. The van der Waals surface area contributed by atoms with E-state index in [-0.39, 0.29) is 10.9 Å². The molecule has 154 valence electrons. The number of para-hydroxylation sites is 2. The minimum Gasteiger partial charge on any atom is -0.353 e. The molecule has 2 aromatic heterocycles. The van der Waals surface area contributed by atoms with Gasteiger partial charge in [0.1, 0.15) is 0 Å². The third kappa shape index (κ3) is 2.63. The number of aromatic nitrogens is 2. The highest BCUT2D eigenvalue weighted by Gasteiger charge is 2.16. The number of rotatable bonds is 1. The summed E-state index contributed by atoms with van der Waals surface area (Å²) in [6.45, 7) is 2.04. The van der Waals surface area contributed by atoms with Crippen LogP contribution in [-0.2, 0) is 0 Å². The Morgan fingerprint density at radius 1 is 0.719 bits per heavy atom. The Morgan fingerprint density at radius 2 is 1.44 bits per heavy atom. The molecule has 0 aliphatic heterocycles. The van der Waals surface area contributed by atoms with Crippen LogP contribution in [-0.4, -0.2) is 9.55 Å². The molecule has 0 saturated heterocycles.